The van der Waals surface area contributed by atoms with Gasteiger partial charge in [-0.1, -0.05) is 61.5 Å². The SMILES string of the molecule is CN=C(NCc1ccc(CN(C)C)cc1)NCC(C)c1ccccc1. The summed E-state index contributed by atoms with van der Waals surface area (Å²) in [6, 6.07) is 19.3. The minimum atomic E-state index is 0.435. The first-order valence-corrected chi connectivity index (χ1v) is 8.80. The molecule has 0 aromatic heterocycles. The van der Waals surface area contributed by atoms with Crippen LogP contribution in [0.4, 0.5) is 0 Å². The van der Waals surface area contributed by atoms with Gasteiger partial charge in [-0.2, -0.15) is 0 Å². The number of nitrogens with one attached hydrogen (secondary N) is 2. The van der Waals surface area contributed by atoms with Gasteiger partial charge in [0.05, 0.1) is 0 Å². The first-order valence-electron chi connectivity index (χ1n) is 8.80. The fourth-order valence-corrected chi connectivity index (χ4v) is 2.68. The number of aliphatic imine (C=N–C) groups is 1. The summed E-state index contributed by atoms with van der Waals surface area (Å²) in [6.07, 6.45) is 0. The van der Waals surface area contributed by atoms with Crippen LogP contribution < -0.4 is 10.6 Å². The molecule has 4 nitrogen and oxygen atoms in total. The molecule has 25 heavy (non-hydrogen) atoms. The molecule has 2 aromatic carbocycles. The average Bonchev–Trinajstić information content (AvgIpc) is 2.63. The van der Waals surface area contributed by atoms with Crippen molar-refractivity contribution in [1.82, 2.24) is 15.5 Å². The molecular formula is C21H30N4. The molecule has 0 aliphatic heterocycles. The van der Waals surface area contributed by atoms with E-state index in [0.717, 1.165) is 25.6 Å². The van der Waals surface area contributed by atoms with Gasteiger partial charge in [-0.15, -0.1) is 0 Å². The van der Waals surface area contributed by atoms with Crippen LogP contribution >= 0.6 is 0 Å². The Morgan fingerprint density at radius 2 is 1.60 bits per heavy atom. The zero-order chi connectivity index (χ0) is 18.1. The fraction of sp³-hybridized carbons (Fsp3) is 0.381. The summed E-state index contributed by atoms with van der Waals surface area (Å²) in [4.78, 5) is 6.49. The molecule has 0 saturated heterocycles. The highest BCUT2D eigenvalue weighted by molar-refractivity contribution is 5.79. The predicted octanol–water partition coefficient (Wildman–Crippen LogP) is 3.22. The lowest BCUT2D eigenvalue weighted by atomic mass is 10.0. The molecule has 1 unspecified atom stereocenters. The normalized spacial score (nSPS) is 12.9. The Balaban J connectivity index is 1.80. The summed E-state index contributed by atoms with van der Waals surface area (Å²) in [6.45, 7) is 4.81. The van der Waals surface area contributed by atoms with Crippen molar-refractivity contribution < 1.29 is 0 Å². The van der Waals surface area contributed by atoms with Crippen LogP contribution in [0.25, 0.3) is 0 Å². The molecule has 0 fully saturated rings. The molecule has 0 aliphatic rings. The highest BCUT2D eigenvalue weighted by atomic mass is 15.2. The molecule has 1 atom stereocenters. The fourth-order valence-electron chi connectivity index (χ4n) is 2.68. The van der Waals surface area contributed by atoms with Crippen LogP contribution in [0.2, 0.25) is 0 Å². The van der Waals surface area contributed by atoms with E-state index in [0.29, 0.717) is 5.92 Å². The van der Waals surface area contributed by atoms with E-state index in [9.17, 15) is 0 Å². The summed E-state index contributed by atoms with van der Waals surface area (Å²) in [7, 11) is 5.98. The number of nitrogens with zero attached hydrogens (tertiary/aromatic N) is 2. The number of hydrogen-bond acceptors (Lipinski definition) is 2. The highest BCUT2D eigenvalue weighted by Crippen LogP contribution is 2.12. The maximum atomic E-state index is 4.31. The summed E-state index contributed by atoms with van der Waals surface area (Å²) >= 11 is 0. The van der Waals surface area contributed by atoms with Crippen LogP contribution in [0.1, 0.15) is 29.5 Å². The van der Waals surface area contributed by atoms with Crippen molar-refractivity contribution in [3.63, 3.8) is 0 Å². The summed E-state index contributed by atoms with van der Waals surface area (Å²) < 4.78 is 0. The molecule has 2 rings (SSSR count). The van der Waals surface area contributed by atoms with Crippen molar-refractivity contribution >= 4 is 5.96 Å². The third kappa shape index (κ3) is 6.59. The van der Waals surface area contributed by atoms with E-state index in [-0.39, 0.29) is 0 Å². The van der Waals surface area contributed by atoms with Crippen LogP contribution in [0, 0.1) is 0 Å². The van der Waals surface area contributed by atoms with E-state index in [1.807, 2.05) is 13.1 Å². The molecular weight excluding hydrogens is 308 g/mol. The molecule has 0 radical (unpaired) electrons. The standard InChI is InChI=1S/C21H30N4/c1-17(20-8-6-5-7-9-20)14-23-21(22-2)24-15-18-10-12-19(13-11-18)16-25(3)4/h5-13,17H,14-16H2,1-4H3,(H2,22,23,24). The van der Waals surface area contributed by atoms with E-state index >= 15 is 0 Å². The Morgan fingerprint density at radius 3 is 2.20 bits per heavy atom. The Kier molecular flexibility index (Phi) is 7.48. The Hall–Kier alpha value is -2.33. The zero-order valence-corrected chi connectivity index (χ0v) is 15.8. The maximum absolute atomic E-state index is 4.31. The van der Waals surface area contributed by atoms with E-state index in [4.69, 9.17) is 0 Å². The Bertz CT molecular complexity index is 647. The van der Waals surface area contributed by atoms with E-state index in [2.05, 4.69) is 90.1 Å². The smallest absolute Gasteiger partial charge is 0.191 e. The van der Waals surface area contributed by atoms with Gasteiger partial charge in [0.2, 0.25) is 0 Å². The number of rotatable bonds is 7. The second kappa shape index (κ2) is 9.84. The summed E-state index contributed by atoms with van der Waals surface area (Å²) in [5.41, 5.74) is 3.91. The topological polar surface area (TPSA) is 39.7 Å². The van der Waals surface area contributed by atoms with Gasteiger partial charge >= 0.3 is 0 Å². The van der Waals surface area contributed by atoms with Crippen LogP contribution in [0.15, 0.2) is 59.6 Å². The van der Waals surface area contributed by atoms with Crippen molar-refractivity contribution in [3.8, 4) is 0 Å². The monoisotopic (exact) mass is 338 g/mol. The minimum absolute atomic E-state index is 0.435. The lowest BCUT2D eigenvalue weighted by Crippen LogP contribution is -2.38. The van der Waals surface area contributed by atoms with Gasteiger partial charge in [0.15, 0.2) is 5.96 Å². The largest absolute Gasteiger partial charge is 0.356 e. The highest BCUT2D eigenvalue weighted by Gasteiger charge is 2.06. The first kappa shape index (κ1) is 19.0. The van der Waals surface area contributed by atoms with Crippen LogP contribution in [-0.4, -0.2) is 38.5 Å². The van der Waals surface area contributed by atoms with Gasteiger partial charge in [0.25, 0.3) is 0 Å². The summed E-state index contributed by atoms with van der Waals surface area (Å²) in [5, 5.41) is 6.79. The first-order chi connectivity index (χ1) is 12.1. The average molecular weight is 338 g/mol. The van der Waals surface area contributed by atoms with Crippen molar-refractivity contribution in [2.45, 2.75) is 25.9 Å². The molecule has 0 spiro atoms. The van der Waals surface area contributed by atoms with E-state index < -0.39 is 0 Å². The van der Waals surface area contributed by atoms with Crippen molar-refractivity contribution in [3.05, 3.63) is 71.3 Å². The molecule has 0 aliphatic carbocycles. The predicted molar refractivity (Wildman–Crippen MR) is 107 cm³/mol. The van der Waals surface area contributed by atoms with Gasteiger partial charge in [-0.3, -0.25) is 4.99 Å². The Morgan fingerprint density at radius 1 is 0.960 bits per heavy atom. The van der Waals surface area contributed by atoms with Crippen molar-refractivity contribution in [1.29, 1.82) is 0 Å². The van der Waals surface area contributed by atoms with Gasteiger partial charge in [-0.05, 0) is 36.7 Å². The third-order valence-electron chi connectivity index (χ3n) is 4.15. The maximum Gasteiger partial charge on any atom is 0.191 e. The molecule has 0 heterocycles. The molecule has 134 valence electrons. The minimum Gasteiger partial charge on any atom is -0.356 e. The molecule has 2 aromatic rings. The number of hydrogen-bond donors (Lipinski definition) is 2. The number of benzene rings is 2. The summed E-state index contributed by atoms with van der Waals surface area (Å²) in [5.74, 6) is 1.27. The van der Waals surface area contributed by atoms with Crippen LogP contribution in [0.5, 0.6) is 0 Å². The molecule has 0 amide bonds. The van der Waals surface area contributed by atoms with E-state index in [1.54, 1.807) is 0 Å². The lowest BCUT2D eigenvalue weighted by molar-refractivity contribution is 0.402. The van der Waals surface area contributed by atoms with E-state index in [1.165, 1.54) is 16.7 Å². The van der Waals surface area contributed by atoms with Gasteiger partial charge in [-0.25, -0.2) is 0 Å². The molecule has 2 N–H and O–H groups in total. The second-order valence-electron chi connectivity index (χ2n) is 6.67. The van der Waals surface area contributed by atoms with Crippen molar-refractivity contribution in [2.75, 3.05) is 27.7 Å². The molecule has 0 saturated carbocycles. The van der Waals surface area contributed by atoms with Crippen molar-refractivity contribution in [2.24, 2.45) is 4.99 Å². The lowest BCUT2D eigenvalue weighted by Gasteiger charge is -2.16. The second-order valence-corrected chi connectivity index (χ2v) is 6.67. The van der Waals surface area contributed by atoms with Gasteiger partial charge in [0, 0.05) is 26.7 Å². The van der Waals surface area contributed by atoms with Crippen LogP contribution in [-0.2, 0) is 13.1 Å². The molecule has 0 bridgehead atoms. The quantitative estimate of drug-likeness (QED) is 0.601. The Labute approximate surface area is 152 Å². The third-order valence-corrected chi connectivity index (χ3v) is 4.15. The van der Waals surface area contributed by atoms with Crippen LogP contribution in [0.3, 0.4) is 0 Å². The van der Waals surface area contributed by atoms with Gasteiger partial charge in [0.1, 0.15) is 0 Å². The molecule has 4 heteroatoms. The van der Waals surface area contributed by atoms with Gasteiger partial charge < -0.3 is 15.5 Å². The zero-order valence-electron chi connectivity index (χ0n) is 15.8. The number of guanidine groups is 1.